The van der Waals surface area contributed by atoms with Crippen LogP contribution in [0.3, 0.4) is 0 Å². The molecule has 25 heavy (non-hydrogen) atoms. The molecule has 2 heterocycles. The van der Waals surface area contributed by atoms with Crippen LogP contribution in [0.15, 0.2) is 35.1 Å². The first kappa shape index (κ1) is 18.4. The number of carbonyl (C=O) groups is 1. The highest BCUT2D eigenvalue weighted by Crippen LogP contribution is 2.26. The molecule has 6 heteroatoms. The first-order valence-corrected chi connectivity index (χ1v) is 9.46. The first-order chi connectivity index (χ1) is 12.1. The lowest BCUT2D eigenvalue weighted by Crippen LogP contribution is -2.33. The summed E-state index contributed by atoms with van der Waals surface area (Å²) in [5.41, 5.74) is 1.20. The Labute approximate surface area is 158 Å². The summed E-state index contributed by atoms with van der Waals surface area (Å²) in [7, 11) is 0. The Hall–Kier alpha value is -1.36. The number of halogens is 2. The van der Waals surface area contributed by atoms with Crippen molar-refractivity contribution in [2.45, 2.75) is 38.6 Å². The molecule has 1 saturated heterocycles. The highest BCUT2D eigenvalue weighted by molar-refractivity contribution is 6.42. The summed E-state index contributed by atoms with van der Waals surface area (Å²) in [5.74, 6) is 0.931. The fourth-order valence-corrected chi connectivity index (χ4v) is 3.67. The molecule has 1 aliphatic heterocycles. The second-order valence-electron chi connectivity index (χ2n) is 6.62. The lowest BCUT2D eigenvalue weighted by Gasteiger charge is -2.32. The van der Waals surface area contributed by atoms with Crippen LogP contribution in [-0.4, -0.2) is 28.8 Å². The average Bonchev–Trinajstić information content (AvgIpc) is 3.14. The van der Waals surface area contributed by atoms with Crippen LogP contribution in [0.25, 0.3) is 0 Å². The average molecular weight is 381 g/mol. The predicted molar refractivity (Wildman–Crippen MR) is 99.1 cm³/mol. The number of oxazole rings is 1. The second kappa shape index (κ2) is 8.84. The molecule has 1 aliphatic rings. The summed E-state index contributed by atoms with van der Waals surface area (Å²) in [5, 5.41) is 1.22. The van der Waals surface area contributed by atoms with E-state index in [2.05, 4.69) is 9.88 Å². The van der Waals surface area contributed by atoms with Gasteiger partial charge in [0.25, 0.3) is 5.89 Å². The third-order valence-corrected chi connectivity index (χ3v) is 5.52. The summed E-state index contributed by atoms with van der Waals surface area (Å²) in [4.78, 5) is 18.2. The summed E-state index contributed by atoms with van der Waals surface area (Å²) >= 11 is 12.1. The minimum Gasteiger partial charge on any atom is -0.442 e. The van der Waals surface area contributed by atoms with Gasteiger partial charge in [-0.15, -0.1) is 0 Å². The van der Waals surface area contributed by atoms with Crippen LogP contribution in [0.5, 0.6) is 0 Å². The van der Waals surface area contributed by atoms with Gasteiger partial charge in [0.2, 0.25) is 5.78 Å². The number of benzene rings is 1. The van der Waals surface area contributed by atoms with Gasteiger partial charge in [-0.2, -0.15) is 0 Å². The number of piperidine rings is 1. The van der Waals surface area contributed by atoms with E-state index in [4.69, 9.17) is 27.6 Å². The Morgan fingerprint density at radius 3 is 2.72 bits per heavy atom. The largest absolute Gasteiger partial charge is 0.442 e. The molecule has 1 fully saturated rings. The zero-order valence-corrected chi connectivity index (χ0v) is 15.6. The monoisotopic (exact) mass is 380 g/mol. The van der Waals surface area contributed by atoms with Crippen molar-refractivity contribution < 1.29 is 9.21 Å². The number of aromatic nitrogens is 1. The summed E-state index contributed by atoms with van der Waals surface area (Å²) in [6.07, 6.45) is 7.81. The molecule has 0 N–H and O–H groups in total. The van der Waals surface area contributed by atoms with Gasteiger partial charge in [-0.25, -0.2) is 4.98 Å². The zero-order chi connectivity index (χ0) is 17.6. The maximum absolute atomic E-state index is 11.9. The summed E-state index contributed by atoms with van der Waals surface area (Å²) in [6.45, 7) is 3.07. The van der Waals surface area contributed by atoms with Gasteiger partial charge in [0, 0.05) is 13.0 Å². The molecule has 0 atom stereocenters. The number of hydrogen-bond acceptors (Lipinski definition) is 4. The first-order valence-electron chi connectivity index (χ1n) is 8.71. The van der Waals surface area contributed by atoms with Gasteiger partial charge in [0.15, 0.2) is 0 Å². The maximum atomic E-state index is 11.9. The molecule has 0 spiro atoms. The quantitative estimate of drug-likeness (QED) is 0.615. The van der Waals surface area contributed by atoms with E-state index in [1.165, 1.54) is 30.9 Å². The Kier molecular flexibility index (Phi) is 6.51. The number of nitrogens with zero attached hydrogens (tertiary/aromatic N) is 2. The molecular weight excluding hydrogens is 359 g/mol. The molecule has 0 aliphatic carbocycles. The van der Waals surface area contributed by atoms with E-state index in [-0.39, 0.29) is 11.7 Å². The van der Waals surface area contributed by atoms with E-state index in [9.17, 15) is 4.79 Å². The molecule has 0 unspecified atom stereocenters. The van der Waals surface area contributed by atoms with Gasteiger partial charge in [-0.1, -0.05) is 29.3 Å². The molecule has 2 aromatic rings. The lowest BCUT2D eigenvalue weighted by atomic mass is 9.91. The number of rotatable bonds is 7. The van der Waals surface area contributed by atoms with Gasteiger partial charge < -0.3 is 4.42 Å². The van der Waals surface area contributed by atoms with E-state index in [1.54, 1.807) is 0 Å². The fraction of sp³-hybridized carbons (Fsp3) is 0.474. The zero-order valence-electron chi connectivity index (χ0n) is 14.1. The standard InChI is InChI=1S/C19H22Cl2N2O2/c20-16-5-4-15(12-17(16)21)13-23-9-6-14(7-10-23)2-1-3-18(24)19-22-8-11-25-19/h4-5,8,11-12,14H,1-3,6-7,9-10,13H2. The van der Waals surface area contributed by atoms with Gasteiger partial charge in [0.1, 0.15) is 6.26 Å². The minimum atomic E-state index is 0.00190. The van der Waals surface area contributed by atoms with E-state index in [0.29, 0.717) is 22.4 Å². The Balaban J connectivity index is 1.37. The normalized spacial score (nSPS) is 16.2. The van der Waals surface area contributed by atoms with Gasteiger partial charge >= 0.3 is 0 Å². The molecule has 0 bridgehead atoms. The molecule has 3 rings (SSSR count). The summed E-state index contributed by atoms with van der Waals surface area (Å²) in [6, 6.07) is 5.84. The van der Waals surface area contributed by atoms with Crippen molar-refractivity contribution in [1.82, 2.24) is 9.88 Å². The highest BCUT2D eigenvalue weighted by Gasteiger charge is 2.20. The van der Waals surface area contributed by atoms with Crippen molar-refractivity contribution in [2.75, 3.05) is 13.1 Å². The smallest absolute Gasteiger partial charge is 0.263 e. The SMILES string of the molecule is O=C(CCCC1CCN(Cc2ccc(Cl)c(Cl)c2)CC1)c1ncco1. The van der Waals surface area contributed by atoms with Crippen LogP contribution in [0, 0.1) is 5.92 Å². The number of ketones is 1. The van der Waals surface area contributed by atoms with Crippen molar-refractivity contribution in [3.05, 3.63) is 52.2 Å². The fourth-order valence-electron chi connectivity index (χ4n) is 3.35. The van der Waals surface area contributed by atoms with Crippen molar-refractivity contribution >= 4 is 29.0 Å². The van der Waals surface area contributed by atoms with E-state index >= 15 is 0 Å². The van der Waals surface area contributed by atoms with Gasteiger partial charge in [-0.05, 0) is 62.4 Å². The van der Waals surface area contributed by atoms with Crippen molar-refractivity contribution in [3.63, 3.8) is 0 Å². The van der Waals surface area contributed by atoms with Crippen LogP contribution < -0.4 is 0 Å². The molecule has 0 radical (unpaired) electrons. The van der Waals surface area contributed by atoms with Crippen LogP contribution in [0.1, 0.15) is 48.4 Å². The van der Waals surface area contributed by atoms with Gasteiger partial charge in [-0.3, -0.25) is 9.69 Å². The molecule has 4 nitrogen and oxygen atoms in total. The third kappa shape index (κ3) is 5.30. The Bertz CT molecular complexity index is 695. The number of hydrogen-bond donors (Lipinski definition) is 0. The van der Waals surface area contributed by atoms with Crippen LogP contribution in [-0.2, 0) is 6.54 Å². The highest BCUT2D eigenvalue weighted by atomic mass is 35.5. The number of Topliss-reactive ketones (excluding diaryl/α,β-unsaturated/α-hetero) is 1. The predicted octanol–water partition coefficient (Wildman–Crippen LogP) is 5.25. The van der Waals surface area contributed by atoms with Crippen LogP contribution >= 0.6 is 23.2 Å². The van der Waals surface area contributed by atoms with Crippen molar-refractivity contribution in [3.8, 4) is 0 Å². The maximum Gasteiger partial charge on any atom is 0.263 e. The van der Waals surface area contributed by atoms with E-state index < -0.39 is 0 Å². The second-order valence-corrected chi connectivity index (χ2v) is 7.44. The number of carbonyl (C=O) groups excluding carboxylic acids is 1. The van der Waals surface area contributed by atoms with E-state index in [0.717, 1.165) is 32.5 Å². The number of likely N-dealkylation sites (tertiary alicyclic amines) is 1. The van der Waals surface area contributed by atoms with Crippen LogP contribution in [0.2, 0.25) is 10.0 Å². The topological polar surface area (TPSA) is 46.3 Å². The molecule has 134 valence electrons. The Morgan fingerprint density at radius 2 is 2.04 bits per heavy atom. The van der Waals surface area contributed by atoms with Crippen LogP contribution in [0.4, 0.5) is 0 Å². The molecule has 1 aromatic carbocycles. The van der Waals surface area contributed by atoms with E-state index in [1.807, 2.05) is 18.2 Å². The third-order valence-electron chi connectivity index (χ3n) is 4.78. The lowest BCUT2D eigenvalue weighted by molar-refractivity contribution is 0.0940. The summed E-state index contributed by atoms with van der Waals surface area (Å²) < 4.78 is 5.04. The molecule has 1 aromatic heterocycles. The molecule has 0 saturated carbocycles. The van der Waals surface area contributed by atoms with Crippen molar-refractivity contribution in [1.29, 1.82) is 0 Å². The molecule has 0 amide bonds. The Morgan fingerprint density at radius 1 is 1.24 bits per heavy atom. The minimum absolute atomic E-state index is 0.00190. The van der Waals surface area contributed by atoms with Crippen molar-refractivity contribution in [2.24, 2.45) is 5.92 Å². The van der Waals surface area contributed by atoms with Gasteiger partial charge in [0.05, 0.1) is 16.2 Å². The molecular formula is C19H22Cl2N2O2.